The lowest BCUT2D eigenvalue weighted by molar-refractivity contribution is 0.0973. The van der Waals surface area contributed by atoms with Gasteiger partial charge in [-0.1, -0.05) is 11.6 Å². The molecule has 6 nitrogen and oxygen atoms in total. The van der Waals surface area contributed by atoms with Crippen molar-refractivity contribution >= 4 is 40.5 Å². The van der Waals surface area contributed by atoms with Gasteiger partial charge in [0.2, 0.25) is 0 Å². The molecule has 0 bridgehead atoms. The van der Waals surface area contributed by atoms with Gasteiger partial charge in [0.15, 0.2) is 5.82 Å². The number of nitrogens with two attached hydrogens (primary N) is 1. The average Bonchev–Trinajstić information content (AvgIpc) is 2.71. The van der Waals surface area contributed by atoms with E-state index in [-0.39, 0.29) is 22.9 Å². The number of benzene rings is 2. The molecule has 0 atom stereocenters. The van der Waals surface area contributed by atoms with Crippen LogP contribution >= 0.6 is 11.6 Å². The Balaban J connectivity index is 1.91. The van der Waals surface area contributed by atoms with Gasteiger partial charge >= 0.3 is 0 Å². The summed E-state index contributed by atoms with van der Waals surface area (Å²) in [6.07, 6.45) is 1.33. The summed E-state index contributed by atoms with van der Waals surface area (Å²) in [6, 6.07) is 9.95. The number of hydrogen-bond donors (Lipinski definition) is 1. The summed E-state index contributed by atoms with van der Waals surface area (Å²) in [5, 5.41) is -0.202. The van der Waals surface area contributed by atoms with E-state index >= 15 is 0 Å². The van der Waals surface area contributed by atoms with Crippen LogP contribution in [0.1, 0.15) is 26.4 Å². The number of aromatic nitrogens is 1. The van der Waals surface area contributed by atoms with E-state index in [1.807, 2.05) is 0 Å². The average molecular weight is 429 g/mol. The second-order valence-electron chi connectivity index (χ2n) is 6.75. The van der Waals surface area contributed by atoms with Gasteiger partial charge in [0, 0.05) is 17.6 Å². The molecule has 9 heteroatoms. The molecule has 0 saturated carbocycles. The fourth-order valence-corrected chi connectivity index (χ4v) is 3.59. The minimum absolute atomic E-state index is 0.0123. The number of carbonyl (C=O) groups is 2. The van der Waals surface area contributed by atoms with Gasteiger partial charge in [-0.25, -0.2) is 8.78 Å². The molecule has 3 aromatic rings. The Morgan fingerprint density at radius 1 is 1.10 bits per heavy atom. The van der Waals surface area contributed by atoms with Gasteiger partial charge in [-0.3, -0.25) is 19.5 Å². The molecule has 2 heterocycles. The lowest BCUT2D eigenvalue weighted by Gasteiger charge is -2.39. The molecule has 0 radical (unpaired) electrons. The summed E-state index contributed by atoms with van der Waals surface area (Å²) in [7, 11) is 0. The topological polar surface area (TPSA) is 79.5 Å². The van der Waals surface area contributed by atoms with Crippen molar-refractivity contribution in [1.29, 1.82) is 0 Å². The van der Waals surface area contributed by atoms with Crippen molar-refractivity contribution in [3.8, 4) is 0 Å². The van der Waals surface area contributed by atoms with Crippen LogP contribution in [-0.4, -0.2) is 23.5 Å². The number of carbonyl (C=O) groups excluding carboxylic acids is 2. The van der Waals surface area contributed by atoms with E-state index in [0.29, 0.717) is 22.6 Å². The van der Waals surface area contributed by atoms with Crippen LogP contribution in [0.2, 0.25) is 5.02 Å². The third-order valence-electron chi connectivity index (χ3n) is 4.86. The molecule has 0 saturated heterocycles. The first-order valence-corrected chi connectivity index (χ1v) is 9.25. The lowest BCUT2D eigenvalue weighted by Crippen LogP contribution is -2.45. The van der Waals surface area contributed by atoms with Gasteiger partial charge in [0.1, 0.15) is 23.7 Å². The van der Waals surface area contributed by atoms with E-state index in [0.717, 1.165) is 0 Å². The molecular formula is C21H15ClF2N4O2. The zero-order valence-electron chi connectivity index (χ0n) is 15.7. The van der Waals surface area contributed by atoms with E-state index < -0.39 is 23.4 Å². The van der Waals surface area contributed by atoms with Crippen LogP contribution in [0.15, 0.2) is 48.7 Å². The summed E-state index contributed by atoms with van der Waals surface area (Å²) in [5.74, 6) is -2.67. The molecule has 4 rings (SSSR count). The minimum Gasteiger partial charge on any atom is -0.364 e. The number of fused-ring (bicyclic) bond motifs is 1. The number of hydrogen-bond acceptors (Lipinski definition) is 4. The van der Waals surface area contributed by atoms with Crippen molar-refractivity contribution < 1.29 is 18.4 Å². The van der Waals surface area contributed by atoms with Gasteiger partial charge < -0.3 is 10.6 Å². The first-order chi connectivity index (χ1) is 14.3. The fourth-order valence-electron chi connectivity index (χ4n) is 3.43. The number of anilines is 3. The van der Waals surface area contributed by atoms with Crippen molar-refractivity contribution in [2.45, 2.75) is 6.92 Å². The largest absolute Gasteiger partial charge is 0.364 e. The Morgan fingerprint density at radius 2 is 1.83 bits per heavy atom. The van der Waals surface area contributed by atoms with Gasteiger partial charge in [0.25, 0.3) is 11.8 Å². The fraction of sp³-hybridized carbons (Fsp3) is 0.0952. The standard InChI is InChI=1S/C21H15ClF2N4O2/c1-11-8-12(23)2-4-16(11)28-10-27(13-6-7-26-15(9-13)20(25)29)21(30)18-17(28)5-3-14(22)19(18)24/h2-9H,10H2,1H3,(H2,25,29). The van der Waals surface area contributed by atoms with Gasteiger partial charge in [-0.05, 0) is 55.0 Å². The number of aryl methyl sites for hydroxylation is 1. The summed E-state index contributed by atoms with van der Waals surface area (Å²) < 4.78 is 28.6. The molecule has 1 aliphatic rings. The van der Waals surface area contributed by atoms with E-state index in [9.17, 15) is 18.4 Å². The monoisotopic (exact) mass is 428 g/mol. The van der Waals surface area contributed by atoms with Crippen LogP contribution in [0, 0.1) is 18.6 Å². The Hall–Kier alpha value is -3.52. The number of nitrogens with zero attached hydrogens (tertiary/aromatic N) is 3. The first kappa shape index (κ1) is 19.8. The van der Waals surface area contributed by atoms with Crippen LogP contribution in [0.5, 0.6) is 0 Å². The molecule has 2 aromatic carbocycles. The molecule has 30 heavy (non-hydrogen) atoms. The molecule has 1 aromatic heterocycles. The van der Waals surface area contributed by atoms with Crippen LogP contribution in [0.4, 0.5) is 25.8 Å². The zero-order chi connectivity index (χ0) is 21.6. The number of amides is 2. The van der Waals surface area contributed by atoms with E-state index in [4.69, 9.17) is 17.3 Å². The second kappa shape index (κ2) is 7.38. The maximum absolute atomic E-state index is 14.9. The van der Waals surface area contributed by atoms with Crippen molar-refractivity contribution in [2.24, 2.45) is 5.73 Å². The van der Waals surface area contributed by atoms with Gasteiger partial charge in [-0.15, -0.1) is 0 Å². The normalized spacial score (nSPS) is 13.4. The Bertz CT molecular complexity index is 1200. The maximum atomic E-state index is 14.9. The van der Waals surface area contributed by atoms with Gasteiger partial charge in [-0.2, -0.15) is 0 Å². The first-order valence-electron chi connectivity index (χ1n) is 8.87. The van der Waals surface area contributed by atoms with Crippen LogP contribution in [-0.2, 0) is 0 Å². The highest BCUT2D eigenvalue weighted by Gasteiger charge is 2.35. The highest BCUT2D eigenvalue weighted by atomic mass is 35.5. The third kappa shape index (κ3) is 3.25. The Morgan fingerprint density at radius 3 is 2.53 bits per heavy atom. The van der Waals surface area contributed by atoms with Crippen molar-refractivity contribution in [1.82, 2.24) is 4.98 Å². The summed E-state index contributed by atoms with van der Waals surface area (Å²) in [6.45, 7) is 1.70. The van der Waals surface area contributed by atoms with Crippen molar-refractivity contribution in [3.05, 3.63) is 82.1 Å². The molecular weight excluding hydrogens is 414 g/mol. The molecule has 0 spiro atoms. The molecule has 0 fully saturated rings. The minimum atomic E-state index is -0.863. The van der Waals surface area contributed by atoms with Crippen LogP contribution in [0.25, 0.3) is 0 Å². The van der Waals surface area contributed by atoms with Crippen LogP contribution in [0.3, 0.4) is 0 Å². The van der Waals surface area contributed by atoms with Crippen molar-refractivity contribution in [3.63, 3.8) is 0 Å². The smallest absolute Gasteiger partial charge is 0.267 e. The quantitative estimate of drug-likeness (QED) is 0.678. The SMILES string of the molecule is Cc1cc(F)ccc1N1CN(c2ccnc(C(N)=O)c2)C(=O)c2c1ccc(Cl)c2F. The number of rotatable bonds is 3. The predicted octanol–water partition coefficient (Wildman–Crippen LogP) is 4.18. The van der Waals surface area contributed by atoms with E-state index in [2.05, 4.69) is 4.98 Å². The third-order valence-corrected chi connectivity index (χ3v) is 5.15. The Labute approximate surface area is 175 Å². The highest BCUT2D eigenvalue weighted by molar-refractivity contribution is 6.31. The molecule has 1 aliphatic heterocycles. The lowest BCUT2D eigenvalue weighted by atomic mass is 10.0. The molecule has 0 unspecified atom stereocenters. The summed E-state index contributed by atoms with van der Waals surface area (Å²) >= 11 is 5.93. The highest BCUT2D eigenvalue weighted by Crippen LogP contribution is 2.39. The maximum Gasteiger partial charge on any atom is 0.267 e. The number of halogens is 3. The number of pyridine rings is 1. The molecule has 2 N–H and O–H groups in total. The second-order valence-corrected chi connectivity index (χ2v) is 7.16. The van der Waals surface area contributed by atoms with E-state index in [1.54, 1.807) is 24.0 Å². The summed E-state index contributed by atoms with van der Waals surface area (Å²) in [4.78, 5) is 31.5. The van der Waals surface area contributed by atoms with E-state index in [1.165, 1.54) is 41.4 Å². The zero-order valence-corrected chi connectivity index (χ0v) is 16.5. The Kier molecular flexibility index (Phi) is 4.87. The summed E-state index contributed by atoms with van der Waals surface area (Å²) in [5.41, 5.74) is 6.81. The van der Waals surface area contributed by atoms with Crippen molar-refractivity contribution in [2.75, 3.05) is 16.5 Å². The molecule has 0 aliphatic carbocycles. The number of primary amides is 1. The van der Waals surface area contributed by atoms with Gasteiger partial charge in [0.05, 0.1) is 10.7 Å². The predicted molar refractivity (Wildman–Crippen MR) is 109 cm³/mol. The molecule has 2 amide bonds. The molecule has 152 valence electrons. The van der Waals surface area contributed by atoms with Crippen LogP contribution < -0.4 is 15.5 Å².